The van der Waals surface area contributed by atoms with Crippen LogP contribution in [-0.4, -0.2) is 5.11 Å². The second-order valence-corrected chi connectivity index (χ2v) is 4.95. The van der Waals surface area contributed by atoms with E-state index in [9.17, 15) is 9.50 Å². The van der Waals surface area contributed by atoms with Gasteiger partial charge >= 0.3 is 0 Å². The Morgan fingerprint density at radius 1 is 1.06 bits per heavy atom. The van der Waals surface area contributed by atoms with E-state index >= 15 is 0 Å². The summed E-state index contributed by atoms with van der Waals surface area (Å²) in [6.45, 7) is 0. The van der Waals surface area contributed by atoms with Crippen LogP contribution in [0.2, 0.25) is 5.02 Å². The molecule has 0 saturated heterocycles. The summed E-state index contributed by atoms with van der Waals surface area (Å²) in [5.74, 6) is -0.488. The van der Waals surface area contributed by atoms with E-state index in [0.29, 0.717) is 5.56 Å². The Balaban J connectivity index is 2.33. The lowest BCUT2D eigenvalue weighted by atomic mass is 10.0. The molecule has 0 amide bonds. The van der Waals surface area contributed by atoms with E-state index in [1.165, 1.54) is 18.2 Å². The second kappa shape index (κ2) is 5.17. The topological polar surface area (TPSA) is 20.2 Å². The SMILES string of the molecule is O[C@@H](c1ccc(Br)cc1)c1ccc(F)c(Cl)c1. The van der Waals surface area contributed by atoms with Crippen LogP contribution in [-0.2, 0) is 0 Å². The van der Waals surface area contributed by atoms with Crippen molar-refractivity contribution in [3.05, 3.63) is 68.9 Å². The predicted molar refractivity (Wildman–Crippen MR) is 69.6 cm³/mol. The Morgan fingerprint density at radius 2 is 1.65 bits per heavy atom. The van der Waals surface area contributed by atoms with Gasteiger partial charge in [0.1, 0.15) is 11.9 Å². The van der Waals surface area contributed by atoms with Gasteiger partial charge < -0.3 is 5.11 Å². The van der Waals surface area contributed by atoms with Crippen molar-refractivity contribution < 1.29 is 9.50 Å². The summed E-state index contributed by atoms with van der Waals surface area (Å²) < 4.78 is 13.9. The van der Waals surface area contributed by atoms with Crippen LogP contribution in [0.4, 0.5) is 4.39 Å². The third-order valence-electron chi connectivity index (χ3n) is 2.45. The molecule has 2 aromatic rings. The average Bonchev–Trinajstić information content (AvgIpc) is 2.33. The molecule has 0 aliphatic heterocycles. The Kier molecular flexibility index (Phi) is 3.82. The molecule has 1 nitrogen and oxygen atoms in total. The second-order valence-electron chi connectivity index (χ2n) is 3.63. The standard InChI is InChI=1S/C13H9BrClFO/c14-10-4-1-8(2-5-10)13(17)9-3-6-12(16)11(15)7-9/h1-7,13,17H/t13-/m0/s1. The smallest absolute Gasteiger partial charge is 0.141 e. The first-order valence-corrected chi connectivity index (χ1v) is 6.13. The van der Waals surface area contributed by atoms with Crippen molar-refractivity contribution in [1.29, 1.82) is 0 Å². The number of aliphatic hydroxyl groups excluding tert-OH is 1. The van der Waals surface area contributed by atoms with Crippen molar-refractivity contribution in [1.82, 2.24) is 0 Å². The summed E-state index contributed by atoms with van der Waals surface area (Å²) >= 11 is 9.00. The van der Waals surface area contributed by atoms with Gasteiger partial charge in [0.25, 0.3) is 0 Å². The summed E-state index contributed by atoms with van der Waals surface area (Å²) in [6, 6.07) is 11.5. The van der Waals surface area contributed by atoms with Gasteiger partial charge in [0.2, 0.25) is 0 Å². The van der Waals surface area contributed by atoms with Crippen LogP contribution >= 0.6 is 27.5 Å². The zero-order chi connectivity index (χ0) is 12.4. The van der Waals surface area contributed by atoms with E-state index in [2.05, 4.69) is 15.9 Å². The highest BCUT2D eigenvalue weighted by Gasteiger charge is 2.12. The van der Waals surface area contributed by atoms with Gasteiger partial charge in [-0.05, 0) is 35.4 Å². The van der Waals surface area contributed by atoms with Gasteiger partial charge in [-0.25, -0.2) is 4.39 Å². The van der Waals surface area contributed by atoms with Gasteiger partial charge in [-0.3, -0.25) is 0 Å². The number of halogens is 3. The normalized spacial score (nSPS) is 12.5. The molecule has 1 N–H and O–H groups in total. The highest BCUT2D eigenvalue weighted by molar-refractivity contribution is 9.10. The molecule has 88 valence electrons. The minimum absolute atomic E-state index is 0.0126. The first-order valence-electron chi connectivity index (χ1n) is 4.96. The Bertz CT molecular complexity index is 527. The number of hydrogen-bond acceptors (Lipinski definition) is 1. The number of hydrogen-bond donors (Lipinski definition) is 1. The molecular formula is C13H9BrClFO. The molecular weight excluding hydrogens is 306 g/mol. The molecule has 0 aliphatic rings. The van der Waals surface area contributed by atoms with E-state index in [4.69, 9.17) is 11.6 Å². The lowest BCUT2D eigenvalue weighted by molar-refractivity contribution is 0.220. The molecule has 0 fully saturated rings. The summed E-state index contributed by atoms with van der Waals surface area (Å²) in [5.41, 5.74) is 1.30. The van der Waals surface area contributed by atoms with Crippen LogP contribution in [0.15, 0.2) is 46.9 Å². The average molecular weight is 316 g/mol. The van der Waals surface area contributed by atoms with Crippen LogP contribution < -0.4 is 0 Å². The monoisotopic (exact) mass is 314 g/mol. The van der Waals surface area contributed by atoms with Crippen molar-refractivity contribution in [3.8, 4) is 0 Å². The van der Waals surface area contributed by atoms with E-state index < -0.39 is 11.9 Å². The van der Waals surface area contributed by atoms with Gasteiger partial charge in [0.15, 0.2) is 0 Å². The molecule has 0 heterocycles. The lowest BCUT2D eigenvalue weighted by Crippen LogP contribution is -1.99. The third-order valence-corrected chi connectivity index (χ3v) is 3.26. The first-order chi connectivity index (χ1) is 8.08. The van der Waals surface area contributed by atoms with Gasteiger partial charge in [0, 0.05) is 4.47 Å². The molecule has 0 aliphatic carbocycles. The molecule has 4 heteroatoms. The summed E-state index contributed by atoms with van der Waals surface area (Å²) in [6.07, 6.45) is -0.804. The van der Waals surface area contributed by atoms with E-state index in [0.717, 1.165) is 10.0 Å². The summed E-state index contributed by atoms with van der Waals surface area (Å²) in [7, 11) is 0. The molecule has 0 aromatic heterocycles. The molecule has 2 rings (SSSR count). The lowest BCUT2D eigenvalue weighted by Gasteiger charge is -2.12. The number of rotatable bonds is 2. The fraction of sp³-hybridized carbons (Fsp3) is 0.0769. The van der Waals surface area contributed by atoms with Crippen LogP contribution in [0.5, 0.6) is 0 Å². The molecule has 1 atom stereocenters. The van der Waals surface area contributed by atoms with Crippen molar-refractivity contribution in [3.63, 3.8) is 0 Å². The van der Waals surface area contributed by atoms with Crippen molar-refractivity contribution in [2.75, 3.05) is 0 Å². The summed E-state index contributed by atoms with van der Waals surface area (Å²) in [5, 5.41) is 10.1. The van der Waals surface area contributed by atoms with Gasteiger partial charge in [-0.2, -0.15) is 0 Å². The van der Waals surface area contributed by atoms with Crippen LogP contribution in [0, 0.1) is 5.82 Å². The van der Waals surface area contributed by atoms with Crippen LogP contribution in [0.1, 0.15) is 17.2 Å². The highest BCUT2D eigenvalue weighted by atomic mass is 79.9. The molecule has 0 unspecified atom stereocenters. The quantitative estimate of drug-likeness (QED) is 0.875. The zero-order valence-corrected chi connectivity index (χ0v) is 11.0. The fourth-order valence-electron chi connectivity index (χ4n) is 1.52. The van der Waals surface area contributed by atoms with Gasteiger partial charge in [-0.1, -0.05) is 45.7 Å². The minimum Gasteiger partial charge on any atom is -0.384 e. The maximum atomic E-state index is 13.0. The van der Waals surface area contributed by atoms with Crippen molar-refractivity contribution in [2.24, 2.45) is 0 Å². The van der Waals surface area contributed by atoms with E-state index in [-0.39, 0.29) is 5.02 Å². The minimum atomic E-state index is -0.804. The number of benzene rings is 2. The zero-order valence-electron chi connectivity index (χ0n) is 8.70. The van der Waals surface area contributed by atoms with E-state index in [1.807, 2.05) is 12.1 Å². The van der Waals surface area contributed by atoms with Crippen LogP contribution in [0.3, 0.4) is 0 Å². The van der Waals surface area contributed by atoms with Crippen LogP contribution in [0.25, 0.3) is 0 Å². The maximum absolute atomic E-state index is 13.0. The van der Waals surface area contributed by atoms with E-state index in [1.54, 1.807) is 12.1 Å². The van der Waals surface area contributed by atoms with Gasteiger partial charge in [-0.15, -0.1) is 0 Å². The largest absolute Gasteiger partial charge is 0.384 e. The maximum Gasteiger partial charge on any atom is 0.141 e. The fourth-order valence-corrected chi connectivity index (χ4v) is 1.97. The van der Waals surface area contributed by atoms with Crippen molar-refractivity contribution in [2.45, 2.75) is 6.10 Å². The predicted octanol–water partition coefficient (Wildman–Crippen LogP) is 4.32. The van der Waals surface area contributed by atoms with Gasteiger partial charge in [0.05, 0.1) is 5.02 Å². The Morgan fingerprint density at radius 3 is 2.24 bits per heavy atom. The molecule has 0 bridgehead atoms. The third kappa shape index (κ3) is 2.86. The van der Waals surface area contributed by atoms with Crippen molar-refractivity contribution >= 4 is 27.5 Å². The molecule has 2 aromatic carbocycles. The molecule has 0 radical (unpaired) electrons. The number of aliphatic hydroxyl groups is 1. The molecule has 0 spiro atoms. The Labute approximate surface area is 112 Å². The summed E-state index contributed by atoms with van der Waals surface area (Å²) in [4.78, 5) is 0. The highest BCUT2D eigenvalue weighted by Crippen LogP contribution is 2.26. The first kappa shape index (κ1) is 12.6. The Hall–Kier alpha value is -0.900. The molecule has 0 saturated carbocycles. The molecule has 17 heavy (non-hydrogen) atoms.